The maximum absolute atomic E-state index is 12.9. The number of rotatable bonds is 4. The highest BCUT2D eigenvalue weighted by Gasteiger charge is 2.42. The van der Waals surface area contributed by atoms with Crippen LogP contribution in [0.4, 0.5) is 5.69 Å². The minimum Gasteiger partial charge on any atom is -0.368 e. The summed E-state index contributed by atoms with van der Waals surface area (Å²) in [5.74, 6) is -0.946. The molecule has 3 amide bonds. The lowest BCUT2D eigenvalue weighted by molar-refractivity contribution is -0.135. The van der Waals surface area contributed by atoms with Crippen LogP contribution < -0.4 is 15.5 Å². The number of anilines is 1. The van der Waals surface area contributed by atoms with E-state index in [-0.39, 0.29) is 18.2 Å². The van der Waals surface area contributed by atoms with Gasteiger partial charge in [-0.3, -0.25) is 24.6 Å². The Labute approximate surface area is 145 Å². The Kier molecular flexibility index (Phi) is 4.52. The molecule has 6 heteroatoms. The number of amides is 3. The van der Waals surface area contributed by atoms with Crippen LogP contribution in [0.1, 0.15) is 30.9 Å². The monoisotopic (exact) mass is 337 g/mol. The molecule has 0 saturated carbocycles. The molecule has 1 aromatic carbocycles. The van der Waals surface area contributed by atoms with Crippen molar-refractivity contribution in [1.29, 1.82) is 0 Å². The van der Waals surface area contributed by atoms with Crippen molar-refractivity contribution in [1.82, 2.24) is 10.6 Å². The molecule has 0 radical (unpaired) electrons. The highest BCUT2D eigenvalue weighted by Crippen LogP contribution is 2.41. The van der Waals surface area contributed by atoms with E-state index in [0.717, 1.165) is 11.1 Å². The summed E-state index contributed by atoms with van der Waals surface area (Å²) in [6, 6.07) is 4.90. The summed E-state index contributed by atoms with van der Waals surface area (Å²) in [5.41, 5.74) is 2.90. The number of nitrogens with zero attached hydrogens (tertiary/aromatic N) is 1. The maximum Gasteiger partial charge on any atom is 0.259 e. The van der Waals surface area contributed by atoms with Crippen molar-refractivity contribution in [3.8, 4) is 0 Å². The highest BCUT2D eigenvalue weighted by atomic mass is 16.2. The summed E-state index contributed by atoms with van der Waals surface area (Å²) in [6.45, 7) is 5.39. The number of carbonyl (C=O) groups is 3. The lowest BCUT2D eigenvalue weighted by Crippen LogP contribution is -2.53. The van der Waals surface area contributed by atoms with E-state index in [9.17, 15) is 14.4 Å². The van der Waals surface area contributed by atoms with E-state index >= 15 is 0 Å². The largest absolute Gasteiger partial charge is 0.368 e. The molecule has 2 N–H and O–H groups in total. The smallest absolute Gasteiger partial charge is 0.259 e. The second-order valence-corrected chi connectivity index (χ2v) is 5.79. The highest BCUT2D eigenvalue weighted by molar-refractivity contribution is 6.34. The molecule has 2 aliphatic heterocycles. The Bertz CT molecular complexity index is 823. The van der Waals surface area contributed by atoms with Crippen LogP contribution in [0.3, 0.4) is 0 Å². The van der Waals surface area contributed by atoms with Crippen molar-refractivity contribution >= 4 is 35.1 Å². The van der Waals surface area contributed by atoms with Crippen molar-refractivity contribution in [2.45, 2.75) is 25.8 Å². The minimum absolute atomic E-state index is 0.218. The lowest BCUT2D eigenvalue weighted by Gasteiger charge is -2.29. The van der Waals surface area contributed by atoms with Gasteiger partial charge in [-0.05, 0) is 37.3 Å². The zero-order valence-corrected chi connectivity index (χ0v) is 13.9. The molecule has 1 saturated heterocycles. The average molecular weight is 337 g/mol. The summed E-state index contributed by atoms with van der Waals surface area (Å²) in [5, 5.41) is 5.20. The fourth-order valence-electron chi connectivity index (χ4n) is 3.25. The first-order chi connectivity index (χ1) is 12.1. The first-order valence-electron chi connectivity index (χ1n) is 8.09. The van der Waals surface area contributed by atoms with Gasteiger partial charge in [0, 0.05) is 23.8 Å². The maximum atomic E-state index is 12.9. The molecule has 1 fully saturated rings. The van der Waals surface area contributed by atoms with Crippen LogP contribution in [0.5, 0.6) is 0 Å². The van der Waals surface area contributed by atoms with Crippen molar-refractivity contribution in [2.75, 3.05) is 4.90 Å². The van der Waals surface area contributed by atoms with Crippen LogP contribution in [0.25, 0.3) is 11.6 Å². The zero-order chi connectivity index (χ0) is 18.0. The zero-order valence-electron chi connectivity index (χ0n) is 13.9. The molecule has 0 spiro atoms. The number of piperidine rings is 1. The van der Waals surface area contributed by atoms with Gasteiger partial charge in [0.25, 0.3) is 5.91 Å². The second kappa shape index (κ2) is 6.76. The third-order valence-corrected chi connectivity index (χ3v) is 4.34. The summed E-state index contributed by atoms with van der Waals surface area (Å²) < 4.78 is 0. The lowest BCUT2D eigenvalue weighted by atomic mass is 10.00. The summed E-state index contributed by atoms with van der Waals surface area (Å²) in [6.07, 6.45) is 7.44. The standard InChI is InChI=1S/C19H19N3O3/c1-3-13-17-12(10-11-20-4-2)6-5-7-14(17)22(19(13)25)15-8-9-16(23)21-18(15)24/h3-7,10-11,15,20H,2,8-9H2,1H3,(H,21,23,24)/b11-10+,13-3+. The molecule has 6 nitrogen and oxygen atoms in total. The van der Waals surface area contributed by atoms with Gasteiger partial charge in [0.05, 0.1) is 5.69 Å². The van der Waals surface area contributed by atoms with E-state index in [0.29, 0.717) is 17.7 Å². The van der Waals surface area contributed by atoms with Crippen LogP contribution in [-0.2, 0) is 14.4 Å². The average Bonchev–Trinajstić information content (AvgIpc) is 2.87. The molecule has 2 aliphatic rings. The van der Waals surface area contributed by atoms with E-state index in [2.05, 4.69) is 17.2 Å². The molecular weight excluding hydrogens is 318 g/mol. The molecule has 128 valence electrons. The summed E-state index contributed by atoms with van der Waals surface area (Å²) >= 11 is 0. The van der Waals surface area contributed by atoms with Crippen LogP contribution in [0.2, 0.25) is 0 Å². The van der Waals surface area contributed by atoms with Gasteiger partial charge in [0.2, 0.25) is 11.8 Å². The van der Waals surface area contributed by atoms with E-state index < -0.39 is 11.9 Å². The SMILES string of the molecule is C=CN/C=C/c1cccc2c1/C(=C\C)C(=O)N2C1CCC(=O)NC1=O. The molecule has 25 heavy (non-hydrogen) atoms. The molecule has 1 unspecified atom stereocenters. The third-order valence-electron chi connectivity index (χ3n) is 4.34. The second-order valence-electron chi connectivity index (χ2n) is 5.79. The summed E-state index contributed by atoms with van der Waals surface area (Å²) in [4.78, 5) is 38.1. The number of carbonyl (C=O) groups excluding carboxylic acids is 3. The molecule has 1 atom stereocenters. The fraction of sp³-hybridized carbons (Fsp3) is 0.211. The predicted octanol–water partition coefficient (Wildman–Crippen LogP) is 1.95. The number of benzene rings is 1. The van der Waals surface area contributed by atoms with Gasteiger partial charge in [-0.15, -0.1) is 0 Å². The van der Waals surface area contributed by atoms with E-state index in [4.69, 9.17) is 0 Å². The van der Waals surface area contributed by atoms with Crippen molar-refractivity contribution in [3.63, 3.8) is 0 Å². The van der Waals surface area contributed by atoms with E-state index in [1.54, 1.807) is 25.4 Å². The van der Waals surface area contributed by atoms with Gasteiger partial charge in [0.15, 0.2) is 0 Å². The Morgan fingerprint density at radius 2 is 2.12 bits per heavy atom. The number of allylic oxidation sites excluding steroid dienone is 1. The van der Waals surface area contributed by atoms with Gasteiger partial charge in [-0.25, -0.2) is 0 Å². The number of imide groups is 1. The van der Waals surface area contributed by atoms with Crippen molar-refractivity contribution < 1.29 is 14.4 Å². The Balaban J connectivity index is 2.07. The molecular formula is C19H19N3O3. The van der Waals surface area contributed by atoms with Gasteiger partial charge in [-0.1, -0.05) is 24.8 Å². The van der Waals surface area contributed by atoms with Crippen LogP contribution in [0, 0.1) is 0 Å². The molecule has 2 heterocycles. The summed E-state index contributed by atoms with van der Waals surface area (Å²) in [7, 11) is 0. The molecule has 1 aromatic rings. The number of hydrogen-bond donors (Lipinski definition) is 2. The van der Waals surface area contributed by atoms with E-state index in [1.807, 2.05) is 24.3 Å². The molecule has 3 rings (SSSR count). The molecule has 0 bridgehead atoms. The first-order valence-corrected chi connectivity index (χ1v) is 8.09. The normalized spacial score (nSPS) is 21.6. The number of hydrogen-bond acceptors (Lipinski definition) is 4. The van der Waals surface area contributed by atoms with Gasteiger partial charge in [-0.2, -0.15) is 0 Å². The van der Waals surface area contributed by atoms with Crippen LogP contribution in [-0.4, -0.2) is 23.8 Å². The van der Waals surface area contributed by atoms with Crippen LogP contribution in [0.15, 0.2) is 43.3 Å². The Hall–Kier alpha value is -3.15. The Morgan fingerprint density at radius 3 is 2.80 bits per heavy atom. The molecule has 0 aliphatic carbocycles. The minimum atomic E-state index is -0.674. The third kappa shape index (κ3) is 2.87. The predicted molar refractivity (Wildman–Crippen MR) is 96.1 cm³/mol. The van der Waals surface area contributed by atoms with Crippen molar-refractivity contribution in [2.24, 2.45) is 0 Å². The first kappa shape index (κ1) is 16.7. The topological polar surface area (TPSA) is 78.5 Å². The van der Waals surface area contributed by atoms with Gasteiger partial charge >= 0.3 is 0 Å². The fourth-order valence-corrected chi connectivity index (χ4v) is 3.25. The van der Waals surface area contributed by atoms with E-state index in [1.165, 1.54) is 4.90 Å². The quantitative estimate of drug-likeness (QED) is 0.650. The molecule has 0 aromatic heterocycles. The van der Waals surface area contributed by atoms with Gasteiger partial charge in [0.1, 0.15) is 6.04 Å². The van der Waals surface area contributed by atoms with Crippen LogP contribution >= 0.6 is 0 Å². The van der Waals surface area contributed by atoms with Gasteiger partial charge < -0.3 is 5.32 Å². The Morgan fingerprint density at radius 1 is 1.32 bits per heavy atom. The number of fused-ring (bicyclic) bond motifs is 1. The number of nitrogens with one attached hydrogen (secondary N) is 2. The van der Waals surface area contributed by atoms with Crippen molar-refractivity contribution in [3.05, 3.63) is 54.4 Å².